The Balaban J connectivity index is 1.50. The summed E-state index contributed by atoms with van der Waals surface area (Å²) in [5.74, 6) is 3.67. The molecule has 3 aromatic carbocycles. The zero-order chi connectivity index (χ0) is 22.9. The Bertz CT molecular complexity index is 1370. The lowest BCUT2D eigenvalue weighted by Gasteiger charge is -2.41. The number of amidine groups is 1. The smallest absolute Gasteiger partial charge is 0.317 e. The third-order valence-electron chi connectivity index (χ3n) is 7.45. The Morgan fingerprint density at radius 3 is 1.61 bits per heavy atom. The molecule has 7 rings (SSSR count). The zero-order valence-electron chi connectivity index (χ0n) is 18.5. The van der Waals surface area contributed by atoms with Gasteiger partial charge in [0.15, 0.2) is 40.0 Å². The summed E-state index contributed by atoms with van der Waals surface area (Å²) >= 11 is 0. The standard InChI is InChI=1S/C25H20N3O5/c1-24(2)25(3,4)28(30)23(27(24)29)13-11-18-22-19(12-13)33-17-10-6-8-15-21(17)26(22)20-14(31-15)7-5-9-16(20)32-18/h5-12H,1-4H3. The van der Waals surface area contributed by atoms with Crippen molar-refractivity contribution in [1.82, 2.24) is 5.06 Å². The van der Waals surface area contributed by atoms with Crippen LogP contribution in [0, 0.1) is 5.21 Å². The molecule has 33 heavy (non-hydrogen) atoms. The highest BCUT2D eigenvalue weighted by Crippen LogP contribution is 2.66. The normalized spacial score (nSPS) is 19.5. The predicted molar refractivity (Wildman–Crippen MR) is 120 cm³/mol. The van der Waals surface area contributed by atoms with Crippen LogP contribution in [0.25, 0.3) is 0 Å². The summed E-state index contributed by atoms with van der Waals surface area (Å²) in [5.41, 5.74) is 0.912. The molecule has 0 saturated heterocycles. The van der Waals surface area contributed by atoms with Crippen LogP contribution in [0.3, 0.4) is 0 Å². The third kappa shape index (κ3) is 2.03. The van der Waals surface area contributed by atoms with Gasteiger partial charge in [0.2, 0.25) is 0 Å². The van der Waals surface area contributed by atoms with Crippen molar-refractivity contribution in [3.63, 3.8) is 0 Å². The van der Waals surface area contributed by atoms with E-state index in [1.165, 1.54) is 0 Å². The lowest BCUT2D eigenvalue weighted by Crippen LogP contribution is -2.53. The quantitative estimate of drug-likeness (QED) is 0.231. The summed E-state index contributed by atoms with van der Waals surface area (Å²) in [6, 6.07) is 14.8. The fraction of sp³-hybridized carbons (Fsp3) is 0.240. The van der Waals surface area contributed by atoms with Crippen LogP contribution in [-0.4, -0.2) is 26.7 Å². The summed E-state index contributed by atoms with van der Waals surface area (Å²) in [4.78, 5) is 2.08. The Kier molecular flexibility index (Phi) is 3.12. The molecule has 165 valence electrons. The van der Waals surface area contributed by atoms with Gasteiger partial charge in [-0.25, -0.2) is 0 Å². The molecule has 8 heteroatoms. The maximum Gasteiger partial charge on any atom is 0.317 e. The van der Waals surface area contributed by atoms with Gasteiger partial charge in [0, 0.05) is 5.21 Å². The third-order valence-corrected chi connectivity index (χ3v) is 7.45. The molecule has 4 aliphatic heterocycles. The molecule has 0 spiro atoms. The van der Waals surface area contributed by atoms with Crippen molar-refractivity contribution in [2.24, 2.45) is 0 Å². The van der Waals surface area contributed by atoms with Gasteiger partial charge in [-0.05, 0) is 64.1 Å². The van der Waals surface area contributed by atoms with Crippen LogP contribution in [0.1, 0.15) is 33.3 Å². The predicted octanol–water partition coefficient (Wildman–Crippen LogP) is 5.95. The maximum absolute atomic E-state index is 13.3. The Labute approximate surface area is 190 Å². The van der Waals surface area contributed by atoms with Crippen LogP contribution in [0.15, 0.2) is 48.5 Å². The number of anilines is 3. The highest BCUT2D eigenvalue weighted by Gasteiger charge is 2.60. The second-order valence-corrected chi connectivity index (χ2v) is 9.70. The second kappa shape index (κ2) is 5.52. The van der Waals surface area contributed by atoms with Crippen LogP contribution in [0.4, 0.5) is 17.1 Å². The van der Waals surface area contributed by atoms with Crippen LogP contribution < -0.4 is 19.1 Å². The van der Waals surface area contributed by atoms with Crippen LogP contribution in [0.2, 0.25) is 0 Å². The highest BCUT2D eigenvalue weighted by molar-refractivity contribution is 6.03. The van der Waals surface area contributed by atoms with E-state index < -0.39 is 11.1 Å². The molecule has 4 aliphatic rings. The molecule has 0 amide bonds. The summed E-state index contributed by atoms with van der Waals surface area (Å²) in [6.45, 7) is 7.10. The average molecular weight is 442 g/mol. The van der Waals surface area contributed by atoms with Crippen molar-refractivity contribution in [1.29, 1.82) is 0 Å². The lowest BCUT2D eigenvalue weighted by molar-refractivity contribution is -0.539. The van der Waals surface area contributed by atoms with Gasteiger partial charge in [-0.3, -0.25) is 9.64 Å². The molecule has 0 bridgehead atoms. The van der Waals surface area contributed by atoms with E-state index in [2.05, 4.69) is 4.90 Å². The van der Waals surface area contributed by atoms with E-state index in [9.17, 15) is 10.4 Å². The average Bonchev–Trinajstić information content (AvgIpc) is 2.90. The minimum atomic E-state index is -0.924. The molecule has 1 radical (unpaired) electrons. The second-order valence-electron chi connectivity index (χ2n) is 9.70. The highest BCUT2D eigenvalue weighted by atomic mass is 16.5. The Hall–Kier alpha value is -3.91. The van der Waals surface area contributed by atoms with Crippen molar-refractivity contribution in [3.8, 4) is 34.5 Å². The number of hydrogen-bond acceptors (Lipinski definition) is 6. The van der Waals surface area contributed by atoms with Crippen molar-refractivity contribution in [2.45, 2.75) is 38.8 Å². The van der Waals surface area contributed by atoms with Crippen molar-refractivity contribution in [3.05, 3.63) is 59.3 Å². The lowest BCUT2D eigenvalue weighted by atomic mass is 9.84. The Morgan fingerprint density at radius 2 is 1.18 bits per heavy atom. The first-order valence-corrected chi connectivity index (χ1v) is 10.8. The molecule has 0 atom stereocenters. The van der Waals surface area contributed by atoms with Gasteiger partial charge in [0.05, 0.1) is 5.56 Å². The van der Waals surface area contributed by atoms with Crippen LogP contribution >= 0.6 is 0 Å². The molecular weight excluding hydrogens is 422 g/mol. The number of benzene rings is 3. The van der Waals surface area contributed by atoms with E-state index in [4.69, 9.17) is 14.2 Å². The first-order valence-electron chi connectivity index (χ1n) is 10.8. The molecule has 0 unspecified atom stereocenters. The number of rotatable bonds is 1. The molecule has 0 aliphatic carbocycles. The van der Waals surface area contributed by atoms with E-state index in [0.29, 0.717) is 45.7 Å². The first kappa shape index (κ1) is 18.6. The monoisotopic (exact) mass is 442 g/mol. The molecule has 8 nitrogen and oxygen atoms in total. The maximum atomic E-state index is 13.3. The van der Waals surface area contributed by atoms with E-state index in [-0.39, 0.29) is 5.84 Å². The van der Waals surface area contributed by atoms with Gasteiger partial charge >= 0.3 is 5.84 Å². The summed E-state index contributed by atoms with van der Waals surface area (Å²) in [6.07, 6.45) is 0. The Morgan fingerprint density at radius 1 is 0.758 bits per heavy atom. The van der Waals surface area contributed by atoms with Gasteiger partial charge in [0.25, 0.3) is 0 Å². The fourth-order valence-corrected chi connectivity index (χ4v) is 4.90. The molecule has 0 fully saturated rings. The van der Waals surface area contributed by atoms with E-state index in [1.807, 2.05) is 36.4 Å². The molecular formula is C25H20N3O5. The minimum absolute atomic E-state index is 0.0392. The molecule has 0 saturated carbocycles. The fourth-order valence-electron chi connectivity index (χ4n) is 4.90. The number of ether oxygens (including phenoxy) is 3. The van der Waals surface area contributed by atoms with Crippen LogP contribution in [0.5, 0.6) is 34.5 Å². The summed E-state index contributed by atoms with van der Waals surface area (Å²) in [5, 5.41) is 27.4. The number of para-hydroxylation sites is 2. The van der Waals surface area contributed by atoms with Gasteiger partial charge < -0.3 is 19.4 Å². The van der Waals surface area contributed by atoms with Crippen molar-refractivity contribution < 1.29 is 24.2 Å². The minimum Gasteiger partial charge on any atom is -0.714 e. The van der Waals surface area contributed by atoms with Crippen LogP contribution in [-0.2, 0) is 5.21 Å². The molecule has 0 N–H and O–H groups in total. The topological polar surface area (TPSA) is 80.1 Å². The largest absolute Gasteiger partial charge is 0.714 e. The number of hydrogen-bond donors (Lipinski definition) is 0. The first-order chi connectivity index (χ1) is 15.7. The van der Waals surface area contributed by atoms with E-state index in [0.717, 1.165) is 21.2 Å². The number of nitrogens with zero attached hydrogens (tertiary/aromatic N) is 3. The van der Waals surface area contributed by atoms with Gasteiger partial charge in [-0.2, -0.15) is 0 Å². The van der Waals surface area contributed by atoms with Gasteiger partial charge in [-0.15, -0.1) is 0 Å². The zero-order valence-corrected chi connectivity index (χ0v) is 18.5. The molecule has 4 heterocycles. The SMILES string of the molecule is CC1(C)N([O])C(c2cc3c4c(c2)Oc2cccc5c2N4c2c(cccc2O3)O5)=[N+]([O-])C1(C)C. The molecule has 0 aromatic heterocycles. The van der Waals surface area contributed by atoms with Gasteiger partial charge in [-0.1, -0.05) is 17.2 Å². The summed E-state index contributed by atoms with van der Waals surface area (Å²) < 4.78 is 19.5. The van der Waals surface area contributed by atoms with E-state index in [1.54, 1.807) is 39.8 Å². The summed E-state index contributed by atoms with van der Waals surface area (Å²) in [7, 11) is 0. The number of hydroxylamine groups is 3. The van der Waals surface area contributed by atoms with Gasteiger partial charge in [0.1, 0.15) is 22.6 Å². The van der Waals surface area contributed by atoms with Crippen molar-refractivity contribution in [2.75, 3.05) is 4.90 Å². The van der Waals surface area contributed by atoms with Crippen molar-refractivity contribution >= 4 is 22.9 Å². The molecule has 3 aromatic rings. The van der Waals surface area contributed by atoms with E-state index >= 15 is 0 Å².